The van der Waals surface area contributed by atoms with E-state index in [2.05, 4.69) is 61.5 Å². The Kier molecular flexibility index (Phi) is 6.28. The monoisotopic (exact) mass is 500 g/mol. The number of fused-ring (bicyclic) bond motifs is 7. The molecule has 0 aliphatic heterocycles. The number of hydrogen-bond donors (Lipinski definition) is 3. The zero-order valence-corrected chi connectivity index (χ0v) is 24.7. The molecule has 0 bridgehead atoms. The molecule has 0 aromatic carbocycles. The molecule has 0 aromatic rings. The average Bonchev–Trinajstić information content (AvgIpc) is 2.79. The molecule has 0 aromatic heterocycles. The van der Waals surface area contributed by atoms with Crippen LogP contribution in [0.25, 0.3) is 0 Å². The smallest absolute Gasteiger partial charge is 0.0470 e. The van der Waals surface area contributed by atoms with E-state index in [0.29, 0.717) is 35.7 Å². The predicted molar refractivity (Wildman–Crippen MR) is 147 cm³/mol. The Balaban J connectivity index is 1.60. The summed E-state index contributed by atoms with van der Waals surface area (Å²) >= 11 is 0. The molecular formula is C33H56O3. The number of hydrogen-bond acceptors (Lipinski definition) is 3. The largest absolute Gasteiger partial charge is 0.396 e. The first-order valence-corrected chi connectivity index (χ1v) is 15.2. The molecule has 0 radical (unpaired) electrons. The fourth-order valence-corrected chi connectivity index (χ4v) is 12.1. The molecule has 4 saturated carbocycles. The van der Waals surface area contributed by atoms with Crippen LogP contribution in [-0.4, -0.2) is 35.1 Å². The van der Waals surface area contributed by atoms with Crippen LogP contribution in [0, 0.1) is 68.0 Å². The molecule has 3 nitrogen and oxygen atoms in total. The van der Waals surface area contributed by atoms with Crippen molar-refractivity contribution in [2.45, 2.75) is 107 Å². The van der Waals surface area contributed by atoms with Gasteiger partial charge in [0.05, 0.1) is 0 Å². The zero-order valence-electron chi connectivity index (χ0n) is 24.7. The molecule has 5 aliphatic rings. The normalized spacial score (nSPS) is 53.4. The van der Waals surface area contributed by atoms with Crippen LogP contribution in [0.2, 0.25) is 0 Å². The molecule has 0 amide bonds. The standard InChI is InChI=1S/C33H56O3/c1-28(2)13-14-30(5)15-16-32(7)22(27(30)24(28)20-36)9-10-26-31(6)17-21(18-34)23(19-35)29(3,4)25(31)11-12-33(26,32)8/h9,21,23-27,34-36H,10-20H2,1-8H3. The molecule has 4 fully saturated rings. The van der Waals surface area contributed by atoms with E-state index in [9.17, 15) is 15.3 Å². The Hall–Kier alpha value is -0.380. The minimum absolute atomic E-state index is 0.0297. The Morgan fingerprint density at radius 3 is 2.00 bits per heavy atom. The van der Waals surface area contributed by atoms with Gasteiger partial charge >= 0.3 is 0 Å². The third-order valence-electron chi connectivity index (χ3n) is 14.6. The zero-order chi connectivity index (χ0) is 26.5. The molecule has 36 heavy (non-hydrogen) atoms. The van der Waals surface area contributed by atoms with E-state index in [-0.39, 0.29) is 52.1 Å². The SMILES string of the molecule is CC1(C)CCC2(C)CCC3(C)C(=CCC4C5(C)CC(CO)C(CO)C(C)(C)C5CCC43C)C2C1CO. The van der Waals surface area contributed by atoms with E-state index >= 15 is 0 Å². The Morgan fingerprint density at radius 2 is 1.39 bits per heavy atom. The quantitative estimate of drug-likeness (QED) is 0.371. The van der Waals surface area contributed by atoms with Crippen LogP contribution in [0.1, 0.15) is 107 Å². The number of aliphatic hydroxyl groups is 3. The number of aliphatic hydroxyl groups excluding tert-OH is 3. The van der Waals surface area contributed by atoms with Gasteiger partial charge in [-0.15, -0.1) is 0 Å². The van der Waals surface area contributed by atoms with Gasteiger partial charge in [-0.25, -0.2) is 0 Å². The summed E-state index contributed by atoms with van der Waals surface area (Å²) in [6.07, 6.45) is 12.4. The van der Waals surface area contributed by atoms with Gasteiger partial charge in [-0.1, -0.05) is 67.0 Å². The number of rotatable bonds is 3. The molecular weight excluding hydrogens is 444 g/mol. The average molecular weight is 501 g/mol. The first-order valence-electron chi connectivity index (χ1n) is 15.2. The van der Waals surface area contributed by atoms with E-state index in [1.807, 2.05) is 0 Å². The second-order valence-corrected chi connectivity index (χ2v) is 16.5. The summed E-state index contributed by atoms with van der Waals surface area (Å²) in [7, 11) is 0. The van der Waals surface area contributed by atoms with Gasteiger partial charge in [-0.3, -0.25) is 0 Å². The van der Waals surface area contributed by atoms with E-state index < -0.39 is 0 Å². The van der Waals surface area contributed by atoms with Crippen molar-refractivity contribution in [1.29, 1.82) is 0 Å². The summed E-state index contributed by atoms with van der Waals surface area (Å²) in [6.45, 7) is 20.6. The lowest BCUT2D eigenvalue weighted by atomic mass is 9.32. The third kappa shape index (κ3) is 3.27. The van der Waals surface area contributed by atoms with E-state index in [1.54, 1.807) is 5.57 Å². The van der Waals surface area contributed by atoms with Crippen LogP contribution in [0.3, 0.4) is 0 Å². The van der Waals surface area contributed by atoms with Gasteiger partial charge in [0.25, 0.3) is 0 Å². The Morgan fingerprint density at radius 1 is 0.750 bits per heavy atom. The molecule has 0 saturated heterocycles. The molecule has 10 atom stereocenters. The van der Waals surface area contributed by atoms with Gasteiger partial charge in [0.1, 0.15) is 0 Å². The van der Waals surface area contributed by atoms with Crippen molar-refractivity contribution in [3.8, 4) is 0 Å². The number of allylic oxidation sites excluding steroid dienone is 2. The van der Waals surface area contributed by atoms with Crippen molar-refractivity contribution in [3.05, 3.63) is 11.6 Å². The molecule has 3 heteroatoms. The van der Waals surface area contributed by atoms with Crippen molar-refractivity contribution in [1.82, 2.24) is 0 Å². The first-order chi connectivity index (χ1) is 16.7. The van der Waals surface area contributed by atoms with E-state index in [4.69, 9.17) is 0 Å². The molecule has 5 rings (SSSR count). The Labute approximate surface area is 221 Å². The van der Waals surface area contributed by atoms with Crippen LogP contribution >= 0.6 is 0 Å². The maximum Gasteiger partial charge on any atom is 0.0470 e. The van der Waals surface area contributed by atoms with Crippen molar-refractivity contribution in [3.63, 3.8) is 0 Å². The molecule has 206 valence electrons. The lowest BCUT2D eigenvalue weighted by molar-refractivity contribution is -0.215. The summed E-state index contributed by atoms with van der Waals surface area (Å²) in [5.74, 6) is 2.36. The maximum atomic E-state index is 10.7. The van der Waals surface area contributed by atoms with Crippen molar-refractivity contribution in [2.75, 3.05) is 19.8 Å². The fraction of sp³-hybridized carbons (Fsp3) is 0.939. The lowest BCUT2D eigenvalue weighted by Crippen LogP contribution is -2.66. The highest BCUT2D eigenvalue weighted by molar-refractivity contribution is 5.34. The van der Waals surface area contributed by atoms with Crippen molar-refractivity contribution >= 4 is 0 Å². The van der Waals surface area contributed by atoms with Crippen molar-refractivity contribution in [2.24, 2.45) is 68.0 Å². The van der Waals surface area contributed by atoms with E-state index in [0.717, 1.165) is 12.8 Å². The predicted octanol–water partition coefficient (Wildman–Crippen LogP) is 6.85. The summed E-state index contributed by atoms with van der Waals surface area (Å²) in [6, 6.07) is 0. The summed E-state index contributed by atoms with van der Waals surface area (Å²) in [5.41, 5.74) is 2.79. The lowest BCUT2D eigenvalue weighted by Gasteiger charge is -2.72. The summed E-state index contributed by atoms with van der Waals surface area (Å²) in [5, 5.41) is 31.5. The topological polar surface area (TPSA) is 60.7 Å². The highest BCUT2D eigenvalue weighted by Gasteiger charge is 2.69. The van der Waals surface area contributed by atoms with E-state index in [1.165, 1.54) is 38.5 Å². The molecule has 10 unspecified atom stereocenters. The Bertz CT molecular complexity index is 905. The van der Waals surface area contributed by atoms with Crippen LogP contribution < -0.4 is 0 Å². The molecule has 5 aliphatic carbocycles. The van der Waals surface area contributed by atoms with Crippen LogP contribution in [0.5, 0.6) is 0 Å². The second-order valence-electron chi connectivity index (χ2n) is 16.5. The maximum absolute atomic E-state index is 10.7. The minimum atomic E-state index is 0.0297. The van der Waals surface area contributed by atoms with Crippen LogP contribution in [0.15, 0.2) is 11.6 Å². The first kappa shape index (κ1) is 27.2. The van der Waals surface area contributed by atoms with Gasteiger partial charge in [-0.05, 0) is 119 Å². The minimum Gasteiger partial charge on any atom is -0.396 e. The van der Waals surface area contributed by atoms with Gasteiger partial charge in [-0.2, -0.15) is 0 Å². The van der Waals surface area contributed by atoms with Gasteiger partial charge < -0.3 is 15.3 Å². The highest BCUT2D eigenvalue weighted by atomic mass is 16.3. The summed E-state index contributed by atoms with van der Waals surface area (Å²) in [4.78, 5) is 0. The third-order valence-corrected chi connectivity index (χ3v) is 14.6. The molecule has 0 spiro atoms. The molecule has 3 N–H and O–H groups in total. The van der Waals surface area contributed by atoms with Gasteiger partial charge in [0.2, 0.25) is 0 Å². The molecule has 0 heterocycles. The van der Waals surface area contributed by atoms with Gasteiger partial charge in [0.15, 0.2) is 0 Å². The van der Waals surface area contributed by atoms with Gasteiger partial charge in [0, 0.05) is 19.8 Å². The van der Waals surface area contributed by atoms with Crippen LogP contribution in [0.4, 0.5) is 0 Å². The second kappa shape index (κ2) is 8.31. The van der Waals surface area contributed by atoms with Crippen LogP contribution in [-0.2, 0) is 0 Å². The highest BCUT2D eigenvalue weighted by Crippen LogP contribution is 2.76. The summed E-state index contributed by atoms with van der Waals surface area (Å²) < 4.78 is 0. The fourth-order valence-electron chi connectivity index (χ4n) is 12.1. The van der Waals surface area contributed by atoms with Crippen molar-refractivity contribution < 1.29 is 15.3 Å².